The molecule has 0 aliphatic carbocycles. The Kier molecular flexibility index (Phi) is 5.05. The number of nitrogens with two attached hydrogens (primary N) is 1. The molecule has 0 saturated carbocycles. The SMILES string of the molecule is CSCCN(C)c1nc(C(C)C)nc(N)c1C. The highest BCUT2D eigenvalue weighted by atomic mass is 32.2. The van der Waals surface area contributed by atoms with Crippen molar-refractivity contribution in [1.29, 1.82) is 0 Å². The molecule has 0 aliphatic heterocycles. The first-order valence-electron chi connectivity index (χ1n) is 5.81. The molecule has 1 aromatic heterocycles. The molecule has 0 radical (unpaired) electrons. The topological polar surface area (TPSA) is 55.0 Å². The largest absolute Gasteiger partial charge is 0.383 e. The number of aromatic nitrogens is 2. The van der Waals surface area contributed by atoms with E-state index in [0.717, 1.165) is 29.5 Å². The van der Waals surface area contributed by atoms with Crippen LogP contribution >= 0.6 is 11.8 Å². The summed E-state index contributed by atoms with van der Waals surface area (Å²) in [7, 11) is 2.05. The first-order valence-corrected chi connectivity index (χ1v) is 7.20. The highest BCUT2D eigenvalue weighted by Crippen LogP contribution is 2.23. The third-order valence-corrected chi connectivity index (χ3v) is 3.27. The second-order valence-electron chi connectivity index (χ2n) is 4.48. The number of nitrogens with zero attached hydrogens (tertiary/aromatic N) is 3. The zero-order chi connectivity index (χ0) is 13.0. The molecular weight excluding hydrogens is 232 g/mol. The Hall–Kier alpha value is -0.970. The van der Waals surface area contributed by atoms with Gasteiger partial charge in [0, 0.05) is 30.8 Å². The zero-order valence-electron chi connectivity index (χ0n) is 11.3. The summed E-state index contributed by atoms with van der Waals surface area (Å²) in [5, 5.41) is 0. The highest BCUT2D eigenvalue weighted by Gasteiger charge is 2.13. The lowest BCUT2D eigenvalue weighted by Crippen LogP contribution is -2.24. The van der Waals surface area contributed by atoms with E-state index in [1.54, 1.807) is 0 Å². The van der Waals surface area contributed by atoms with E-state index in [-0.39, 0.29) is 0 Å². The number of nitrogen functional groups attached to an aromatic ring is 1. The van der Waals surface area contributed by atoms with E-state index in [2.05, 4.69) is 42.0 Å². The Morgan fingerprint density at radius 3 is 2.53 bits per heavy atom. The first-order chi connectivity index (χ1) is 7.97. The summed E-state index contributed by atoms with van der Waals surface area (Å²) in [5.41, 5.74) is 6.91. The van der Waals surface area contributed by atoms with E-state index in [1.807, 2.05) is 18.7 Å². The Morgan fingerprint density at radius 2 is 2.00 bits per heavy atom. The summed E-state index contributed by atoms with van der Waals surface area (Å²) >= 11 is 1.83. The van der Waals surface area contributed by atoms with Crippen LogP contribution in [-0.2, 0) is 0 Å². The number of anilines is 2. The summed E-state index contributed by atoms with van der Waals surface area (Å²) < 4.78 is 0. The smallest absolute Gasteiger partial charge is 0.137 e. The summed E-state index contributed by atoms with van der Waals surface area (Å²) in [5.74, 6) is 3.74. The van der Waals surface area contributed by atoms with Crippen molar-refractivity contribution >= 4 is 23.4 Å². The fourth-order valence-corrected chi connectivity index (χ4v) is 1.96. The van der Waals surface area contributed by atoms with Gasteiger partial charge in [0.05, 0.1) is 0 Å². The normalized spacial score (nSPS) is 10.9. The molecule has 4 nitrogen and oxygen atoms in total. The maximum atomic E-state index is 5.94. The Balaban J connectivity index is 3.04. The molecule has 0 amide bonds. The van der Waals surface area contributed by atoms with E-state index >= 15 is 0 Å². The van der Waals surface area contributed by atoms with Crippen LogP contribution in [0.2, 0.25) is 0 Å². The van der Waals surface area contributed by atoms with Crippen molar-refractivity contribution < 1.29 is 0 Å². The standard InChI is InChI=1S/C12H22N4S/c1-8(2)11-14-10(13)9(3)12(15-11)16(4)6-7-17-5/h8H,6-7H2,1-5H3,(H2,13,14,15). The molecule has 0 unspecified atom stereocenters. The molecule has 1 heterocycles. The summed E-state index contributed by atoms with van der Waals surface area (Å²) in [6, 6.07) is 0. The van der Waals surface area contributed by atoms with Crippen molar-refractivity contribution in [1.82, 2.24) is 9.97 Å². The lowest BCUT2D eigenvalue weighted by Gasteiger charge is -2.21. The van der Waals surface area contributed by atoms with Gasteiger partial charge >= 0.3 is 0 Å². The molecule has 0 fully saturated rings. The van der Waals surface area contributed by atoms with Crippen molar-refractivity contribution in [2.24, 2.45) is 0 Å². The molecule has 0 aliphatic rings. The van der Waals surface area contributed by atoms with Crippen molar-refractivity contribution in [2.45, 2.75) is 26.7 Å². The minimum atomic E-state index is 0.297. The Bertz CT molecular complexity index is 379. The molecule has 5 heteroatoms. The van der Waals surface area contributed by atoms with Crippen LogP contribution in [0.25, 0.3) is 0 Å². The van der Waals surface area contributed by atoms with Crippen LogP contribution in [-0.4, -0.2) is 35.6 Å². The predicted octanol–water partition coefficient (Wildman–Crippen LogP) is 2.29. The molecular formula is C12H22N4S. The van der Waals surface area contributed by atoms with E-state index < -0.39 is 0 Å². The second kappa shape index (κ2) is 6.10. The van der Waals surface area contributed by atoms with Gasteiger partial charge in [0.25, 0.3) is 0 Å². The van der Waals surface area contributed by atoms with Crippen molar-refractivity contribution in [2.75, 3.05) is 36.2 Å². The fraction of sp³-hybridized carbons (Fsp3) is 0.667. The summed E-state index contributed by atoms with van der Waals surface area (Å²) in [6.45, 7) is 7.10. The molecule has 96 valence electrons. The van der Waals surface area contributed by atoms with E-state index in [1.165, 1.54) is 0 Å². The molecule has 0 atom stereocenters. The first kappa shape index (κ1) is 14.1. The monoisotopic (exact) mass is 254 g/mol. The van der Waals surface area contributed by atoms with Gasteiger partial charge in [0.2, 0.25) is 0 Å². The fourth-order valence-electron chi connectivity index (χ4n) is 1.50. The van der Waals surface area contributed by atoms with Crippen LogP contribution < -0.4 is 10.6 Å². The van der Waals surface area contributed by atoms with Gasteiger partial charge in [-0.05, 0) is 13.2 Å². The molecule has 0 aromatic carbocycles. The van der Waals surface area contributed by atoms with Crippen LogP contribution in [0.3, 0.4) is 0 Å². The zero-order valence-corrected chi connectivity index (χ0v) is 12.1. The van der Waals surface area contributed by atoms with Gasteiger partial charge in [0.1, 0.15) is 17.5 Å². The third kappa shape index (κ3) is 3.49. The van der Waals surface area contributed by atoms with Crippen molar-refractivity contribution in [3.8, 4) is 0 Å². The average Bonchev–Trinajstić information content (AvgIpc) is 2.29. The van der Waals surface area contributed by atoms with E-state index in [4.69, 9.17) is 5.73 Å². The molecule has 17 heavy (non-hydrogen) atoms. The highest BCUT2D eigenvalue weighted by molar-refractivity contribution is 7.98. The van der Waals surface area contributed by atoms with Gasteiger partial charge in [-0.1, -0.05) is 13.8 Å². The lowest BCUT2D eigenvalue weighted by molar-refractivity contribution is 0.765. The molecule has 1 aromatic rings. The van der Waals surface area contributed by atoms with Gasteiger partial charge in [0.15, 0.2) is 0 Å². The third-order valence-electron chi connectivity index (χ3n) is 2.68. The minimum Gasteiger partial charge on any atom is -0.383 e. The van der Waals surface area contributed by atoms with Crippen molar-refractivity contribution in [3.63, 3.8) is 0 Å². The lowest BCUT2D eigenvalue weighted by atomic mass is 10.2. The second-order valence-corrected chi connectivity index (χ2v) is 5.47. The van der Waals surface area contributed by atoms with E-state index in [0.29, 0.717) is 11.7 Å². The van der Waals surface area contributed by atoms with Crippen LogP contribution in [0, 0.1) is 6.92 Å². The van der Waals surface area contributed by atoms with Crippen molar-refractivity contribution in [3.05, 3.63) is 11.4 Å². The Labute approximate surface area is 108 Å². The number of thioether (sulfide) groups is 1. The molecule has 2 N–H and O–H groups in total. The molecule has 0 bridgehead atoms. The summed E-state index contributed by atoms with van der Waals surface area (Å²) in [6.07, 6.45) is 2.11. The average molecular weight is 254 g/mol. The van der Waals surface area contributed by atoms with Crippen LogP contribution in [0.1, 0.15) is 31.2 Å². The molecule has 0 spiro atoms. The minimum absolute atomic E-state index is 0.297. The number of hydrogen-bond acceptors (Lipinski definition) is 5. The van der Waals surface area contributed by atoms with Gasteiger partial charge in [-0.2, -0.15) is 11.8 Å². The summed E-state index contributed by atoms with van der Waals surface area (Å²) in [4.78, 5) is 11.1. The van der Waals surface area contributed by atoms with Gasteiger partial charge in [-0.15, -0.1) is 0 Å². The van der Waals surface area contributed by atoms with Crippen LogP contribution in [0.15, 0.2) is 0 Å². The van der Waals surface area contributed by atoms with E-state index in [9.17, 15) is 0 Å². The van der Waals surface area contributed by atoms with Crippen LogP contribution in [0.5, 0.6) is 0 Å². The quantitative estimate of drug-likeness (QED) is 0.873. The Morgan fingerprint density at radius 1 is 1.35 bits per heavy atom. The predicted molar refractivity (Wildman–Crippen MR) is 76.9 cm³/mol. The van der Waals surface area contributed by atoms with Gasteiger partial charge in [-0.25, -0.2) is 9.97 Å². The maximum Gasteiger partial charge on any atom is 0.137 e. The number of rotatable bonds is 5. The molecule has 0 saturated heterocycles. The van der Waals surface area contributed by atoms with Gasteiger partial charge < -0.3 is 10.6 Å². The molecule has 1 rings (SSSR count). The van der Waals surface area contributed by atoms with Gasteiger partial charge in [-0.3, -0.25) is 0 Å². The maximum absolute atomic E-state index is 5.94. The number of hydrogen-bond donors (Lipinski definition) is 1. The van der Waals surface area contributed by atoms with Crippen LogP contribution in [0.4, 0.5) is 11.6 Å².